The normalized spacial score (nSPS) is 9.64. The molecule has 0 unspecified atom stereocenters. The highest BCUT2D eigenvalue weighted by Crippen LogP contribution is 2.15. The highest BCUT2D eigenvalue weighted by atomic mass is 16.5. The van der Waals surface area contributed by atoms with Gasteiger partial charge in [-0.3, -0.25) is 0 Å². The van der Waals surface area contributed by atoms with Gasteiger partial charge in [0.25, 0.3) is 0 Å². The van der Waals surface area contributed by atoms with Crippen molar-refractivity contribution < 1.29 is 4.74 Å². The van der Waals surface area contributed by atoms with Gasteiger partial charge < -0.3 is 10.1 Å². The summed E-state index contributed by atoms with van der Waals surface area (Å²) in [5.74, 6) is 0.915. The van der Waals surface area contributed by atoms with Gasteiger partial charge in [0.2, 0.25) is 0 Å². The lowest BCUT2D eigenvalue weighted by Crippen LogP contribution is -2.06. The van der Waals surface area contributed by atoms with E-state index < -0.39 is 0 Å². The molecule has 1 N–H and O–H groups in total. The van der Waals surface area contributed by atoms with Crippen molar-refractivity contribution in [3.05, 3.63) is 29.8 Å². The molecule has 1 aromatic rings. The maximum Gasteiger partial charge on any atom is 0.123 e. The summed E-state index contributed by atoms with van der Waals surface area (Å²) in [6, 6.07) is 8.68. The van der Waals surface area contributed by atoms with Gasteiger partial charge in [-0.25, -0.2) is 0 Å². The predicted molar refractivity (Wildman–Crippen MR) is 44.6 cm³/mol. The number of nitrogens with one attached hydrogen (secondary N) is 1. The molecule has 0 heterocycles. The van der Waals surface area contributed by atoms with E-state index in [1.54, 1.807) is 7.11 Å². The minimum atomic E-state index is 0.820. The summed E-state index contributed by atoms with van der Waals surface area (Å²) in [5, 5.41) is 3.06. The molecule has 1 radical (unpaired) electrons. The quantitative estimate of drug-likeness (QED) is 0.699. The Morgan fingerprint density at radius 2 is 2.45 bits per heavy atom. The first-order chi connectivity index (χ1) is 5.38. The topological polar surface area (TPSA) is 21.3 Å². The highest BCUT2D eigenvalue weighted by molar-refractivity contribution is 5.32. The molecule has 1 rings (SSSR count). The molecule has 0 aliphatic rings. The van der Waals surface area contributed by atoms with E-state index in [4.69, 9.17) is 4.74 Å². The molecular weight excluding hydrogens is 138 g/mol. The van der Waals surface area contributed by atoms with Crippen LogP contribution >= 0.6 is 0 Å². The van der Waals surface area contributed by atoms with Crippen LogP contribution in [-0.4, -0.2) is 14.2 Å². The van der Waals surface area contributed by atoms with Crippen LogP contribution in [0.3, 0.4) is 0 Å². The average molecular weight is 150 g/mol. The van der Waals surface area contributed by atoms with E-state index in [2.05, 4.69) is 11.4 Å². The SMILES string of the molecule is CNCc1c[c]ccc1OC. The Hall–Kier alpha value is -1.02. The van der Waals surface area contributed by atoms with E-state index in [0.29, 0.717) is 0 Å². The second-order valence-corrected chi connectivity index (χ2v) is 2.27. The molecule has 1 aromatic carbocycles. The lowest BCUT2D eigenvalue weighted by atomic mass is 10.2. The standard InChI is InChI=1S/C9H12NO/c1-10-7-8-5-3-4-6-9(8)11-2/h4-6,10H,7H2,1-2H3. The second kappa shape index (κ2) is 3.98. The number of ether oxygens (including phenoxy) is 1. The highest BCUT2D eigenvalue weighted by Gasteiger charge is 1.97. The Bertz CT molecular complexity index is 223. The summed E-state index contributed by atoms with van der Waals surface area (Å²) in [4.78, 5) is 0. The summed E-state index contributed by atoms with van der Waals surface area (Å²) >= 11 is 0. The van der Waals surface area contributed by atoms with Crippen LogP contribution in [-0.2, 0) is 6.54 Å². The molecule has 0 aliphatic heterocycles. The van der Waals surface area contributed by atoms with Crippen molar-refractivity contribution in [1.29, 1.82) is 0 Å². The van der Waals surface area contributed by atoms with Gasteiger partial charge in [-0.2, -0.15) is 0 Å². The van der Waals surface area contributed by atoms with Crippen molar-refractivity contribution in [1.82, 2.24) is 5.32 Å². The molecule has 0 amide bonds. The van der Waals surface area contributed by atoms with Crippen LogP contribution in [0.15, 0.2) is 18.2 Å². The average Bonchev–Trinajstić information content (AvgIpc) is 2.06. The minimum Gasteiger partial charge on any atom is -0.496 e. The van der Waals surface area contributed by atoms with Crippen LogP contribution in [0.25, 0.3) is 0 Å². The van der Waals surface area contributed by atoms with Crippen molar-refractivity contribution >= 4 is 0 Å². The van der Waals surface area contributed by atoms with Crippen LogP contribution in [0, 0.1) is 6.07 Å². The van der Waals surface area contributed by atoms with E-state index in [0.717, 1.165) is 17.9 Å². The van der Waals surface area contributed by atoms with Gasteiger partial charge in [-0.1, -0.05) is 6.07 Å². The Morgan fingerprint density at radius 3 is 3.09 bits per heavy atom. The first-order valence-electron chi connectivity index (χ1n) is 3.56. The molecule has 0 saturated carbocycles. The van der Waals surface area contributed by atoms with Crippen LogP contribution in [0.1, 0.15) is 5.56 Å². The third-order valence-corrected chi connectivity index (χ3v) is 1.49. The Labute approximate surface area is 67.2 Å². The van der Waals surface area contributed by atoms with Crippen LogP contribution < -0.4 is 10.1 Å². The molecule has 59 valence electrons. The molecule has 0 spiro atoms. The summed E-state index contributed by atoms with van der Waals surface area (Å²) in [5.41, 5.74) is 1.14. The maximum atomic E-state index is 5.14. The largest absolute Gasteiger partial charge is 0.496 e. The number of rotatable bonds is 3. The molecule has 2 nitrogen and oxygen atoms in total. The molecule has 0 fully saturated rings. The zero-order valence-electron chi connectivity index (χ0n) is 6.85. The van der Waals surface area contributed by atoms with Crippen molar-refractivity contribution in [3.63, 3.8) is 0 Å². The fourth-order valence-electron chi connectivity index (χ4n) is 0.978. The van der Waals surface area contributed by atoms with E-state index >= 15 is 0 Å². The van der Waals surface area contributed by atoms with Gasteiger partial charge >= 0.3 is 0 Å². The fraction of sp³-hybridized carbons (Fsp3) is 0.333. The monoisotopic (exact) mass is 150 g/mol. The minimum absolute atomic E-state index is 0.820. The van der Waals surface area contributed by atoms with Crippen LogP contribution in [0.2, 0.25) is 0 Å². The van der Waals surface area contributed by atoms with Crippen molar-refractivity contribution in [2.45, 2.75) is 6.54 Å². The number of hydrogen-bond donors (Lipinski definition) is 1. The lowest BCUT2D eigenvalue weighted by molar-refractivity contribution is 0.408. The van der Waals surface area contributed by atoms with Gasteiger partial charge in [0.15, 0.2) is 0 Å². The van der Waals surface area contributed by atoms with Crippen molar-refractivity contribution in [2.24, 2.45) is 0 Å². The molecule has 0 atom stereocenters. The summed E-state index contributed by atoms with van der Waals surface area (Å²) < 4.78 is 5.14. The molecule has 2 heteroatoms. The molecule has 0 bridgehead atoms. The molecular formula is C9H12NO. The van der Waals surface area contributed by atoms with Gasteiger partial charge in [0, 0.05) is 12.1 Å². The predicted octanol–water partition coefficient (Wildman–Crippen LogP) is 1.21. The number of methoxy groups -OCH3 is 1. The Kier molecular flexibility index (Phi) is 2.93. The Balaban J connectivity index is 2.83. The van der Waals surface area contributed by atoms with E-state index in [1.807, 2.05) is 25.2 Å². The second-order valence-electron chi connectivity index (χ2n) is 2.27. The van der Waals surface area contributed by atoms with E-state index in [9.17, 15) is 0 Å². The molecule has 11 heavy (non-hydrogen) atoms. The molecule has 0 saturated heterocycles. The number of benzene rings is 1. The lowest BCUT2D eigenvalue weighted by Gasteiger charge is -2.05. The smallest absolute Gasteiger partial charge is 0.123 e. The van der Waals surface area contributed by atoms with Gasteiger partial charge in [-0.15, -0.1) is 0 Å². The third-order valence-electron chi connectivity index (χ3n) is 1.49. The van der Waals surface area contributed by atoms with Crippen LogP contribution in [0.4, 0.5) is 0 Å². The van der Waals surface area contributed by atoms with Gasteiger partial charge in [-0.05, 0) is 25.2 Å². The fourth-order valence-corrected chi connectivity index (χ4v) is 0.978. The van der Waals surface area contributed by atoms with Gasteiger partial charge in [0.05, 0.1) is 7.11 Å². The van der Waals surface area contributed by atoms with Crippen LogP contribution in [0.5, 0.6) is 5.75 Å². The van der Waals surface area contributed by atoms with E-state index in [-0.39, 0.29) is 0 Å². The third kappa shape index (κ3) is 1.95. The maximum absolute atomic E-state index is 5.14. The first kappa shape index (κ1) is 8.08. The Morgan fingerprint density at radius 1 is 1.64 bits per heavy atom. The van der Waals surface area contributed by atoms with Gasteiger partial charge in [0.1, 0.15) is 5.75 Å². The molecule has 0 aromatic heterocycles. The summed E-state index contributed by atoms with van der Waals surface area (Å²) in [6.45, 7) is 0.820. The van der Waals surface area contributed by atoms with E-state index in [1.165, 1.54) is 0 Å². The zero-order valence-corrected chi connectivity index (χ0v) is 6.85. The number of hydrogen-bond acceptors (Lipinski definition) is 2. The van der Waals surface area contributed by atoms with Crippen molar-refractivity contribution in [2.75, 3.05) is 14.2 Å². The zero-order chi connectivity index (χ0) is 8.10. The summed E-state index contributed by atoms with van der Waals surface area (Å²) in [6.07, 6.45) is 0. The molecule has 0 aliphatic carbocycles. The van der Waals surface area contributed by atoms with Crippen molar-refractivity contribution in [3.8, 4) is 5.75 Å². The first-order valence-corrected chi connectivity index (χ1v) is 3.56. The summed E-state index contributed by atoms with van der Waals surface area (Å²) in [7, 11) is 3.58.